The second-order valence-electron chi connectivity index (χ2n) is 7.66. The molecule has 1 aliphatic heterocycles. The zero-order chi connectivity index (χ0) is 21.8. The molecule has 31 heavy (non-hydrogen) atoms. The SMILES string of the molecule is CCc1ccc(NC(=O)c2cnn(-c3ccc([N+](=O)[O-])cc3)c2C2CCNCC2)cc1. The van der Waals surface area contributed by atoms with E-state index in [1.54, 1.807) is 23.0 Å². The highest BCUT2D eigenvalue weighted by Gasteiger charge is 2.27. The van der Waals surface area contributed by atoms with Crippen LogP contribution in [0.15, 0.2) is 54.7 Å². The average molecular weight is 419 g/mol. The number of rotatable bonds is 6. The van der Waals surface area contributed by atoms with Gasteiger partial charge in [-0.05, 0) is 62.2 Å². The molecule has 4 rings (SSSR count). The molecule has 0 atom stereocenters. The molecule has 8 heteroatoms. The van der Waals surface area contributed by atoms with Gasteiger partial charge in [0.2, 0.25) is 0 Å². The summed E-state index contributed by atoms with van der Waals surface area (Å²) in [5.41, 5.74) is 4.04. The first-order chi connectivity index (χ1) is 15.1. The summed E-state index contributed by atoms with van der Waals surface area (Å²) in [5.74, 6) is -0.0342. The van der Waals surface area contributed by atoms with Crippen LogP contribution in [0.2, 0.25) is 0 Å². The Morgan fingerprint density at radius 2 is 1.84 bits per heavy atom. The molecule has 8 nitrogen and oxygen atoms in total. The monoisotopic (exact) mass is 419 g/mol. The summed E-state index contributed by atoms with van der Waals surface area (Å²) in [4.78, 5) is 23.7. The average Bonchev–Trinajstić information content (AvgIpc) is 3.25. The summed E-state index contributed by atoms with van der Waals surface area (Å²) in [6, 6.07) is 14.1. The molecule has 1 amide bonds. The Hall–Kier alpha value is -3.52. The van der Waals surface area contributed by atoms with Crippen molar-refractivity contribution in [3.63, 3.8) is 0 Å². The third-order valence-corrected chi connectivity index (χ3v) is 5.70. The van der Waals surface area contributed by atoms with Gasteiger partial charge >= 0.3 is 0 Å². The third-order valence-electron chi connectivity index (χ3n) is 5.70. The first-order valence-corrected chi connectivity index (χ1v) is 10.5. The first-order valence-electron chi connectivity index (χ1n) is 10.5. The summed E-state index contributed by atoms with van der Waals surface area (Å²) in [5, 5.41) is 21.8. The Balaban J connectivity index is 1.68. The van der Waals surface area contributed by atoms with Gasteiger partial charge in [-0.3, -0.25) is 14.9 Å². The highest BCUT2D eigenvalue weighted by atomic mass is 16.6. The maximum atomic E-state index is 13.2. The van der Waals surface area contributed by atoms with Gasteiger partial charge in [-0.2, -0.15) is 5.10 Å². The lowest BCUT2D eigenvalue weighted by atomic mass is 9.91. The van der Waals surface area contributed by atoms with E-state index in [1.807, 2.05) is 24.3 Å². The van der Waals surface area contributed by atoms with Gasteiger partial charge in [0.15, 0.2) is 0 Å². The van der Waals surface area contributed by atoms with Gasteiger partial charge in [-0.25, -0.2) is 4.68 Å². The zero-order valence-corrected chi connectivity index (χ0v) is 17.4. The third kappa shape index (κ3) is 4.49. The van der Waals surface area contributed by atoms with Crippen molar-refractivity contribution >= 4 is 17.3 Å². The molecule has 1 fully saturated rings. The van der Waals surface area contributed by atoms with Crippen LogP contribution >= 0.6 is 0 Å². The summed E-state index contributed by atoms with van der Waals surface area (Å²) < 4.78 is 1.74. The maximum Gasteiger partial charge on any atom is 0.269 e. The first kappa shape index (κ1) is 20.7. The number of non-ortho nitro benzene ring substituents is 1. The summed E-state index contributed by atoms with van der Waals surface area (Å²) in [7, 11) is 0. The van der Waals surface area contributed by atoms with Crippen LogP contribution in [0.5, 0.6) is 0 Å². The smallest absolute Gasteiger partial charge is 0.269 e. The maximum absolute atomic E-state index is 13.2. The topological polar surface area (TPSA) is 102 Å². The molecular weight excluding hydrogens is 394 g/mol. The number of hydrogen-bond acceptors (Lipinski definition) is 5. The molecule has 0 radical (unpaired) electrons. The molecular formula is C23H25N5O3. The number of piperidine rings is 1. The molecule has 0 unspecified atom stereocenters. The number of amides is 1. The van der Waals surface area contributed by atoms with Crippen molar-refractivity contribution in [1.82, 2.24) is 15.1 Å². The van der Waals surface area contributed by atoms with E-state index in [1.165, 1.54) is 17.7 Å². The quantitative estimate of drug-likeness (QED) is 0.463. The minimum atomic E-state index is -0.427. The second-order valence-corrected chi connectivity index (χ2v) is 7.66. The molecule has 2 aromatic carbocycles. The van der Waals surface area contributed by atoms with E-state index in [0.717, 1.165) is 43.7 Å². The molecule has 160 valence electrons. The van der Waals surface area contributed by atoms with Gasteiger partial charge in [0.1, 0.15) is 0 Å². The minimum absolute atomic E-state index is 0.0211. The fourth-order valence-corrected chi connectivity index (χ4v) is 3.96. The van der Waals surface area contributed by atoms with Crippen molar-refractivity contribution < 1.29 is 9.72 Å². The predicted molar refractivity (Wildman–Crippen MR) is 119 cm³/mol. The fraction of sp³-hybridized carbons (Fsp3) is 0.304. The lowest BCUT2D eigenvalue weighted by Gasteiger charge is -2.24. The molecule has 1 saturated heterocycles. The Morgan fingerprint density at radius 3 is 2.45 bits per heavy atom. The Morgan fingerprint density at radius 1 is 1.16 bits per heavy atom. The molecule has 0 bridgehead atoms. The van der Waals surface area contributed by atoms with Crippen LogP contribution in [-0.2, 0) is 6.42 Å². The summed E-state index contributed by atoms with van der Waals surface area (Å²) in [6.45, 7) is 3.83. The van der Waals surface area contributed by atoms with E-state index in [4.69, 9.17) is 0 Å². The number of carbonyl (C=O) groups is 1. The number of carbonyl (C=O) groups excluding carboxylic acids is 1. The Labute approximate surface area is 180 Å². The van der Waals surface area contributed by atoms with Crippen molar-refractivity contribution in [2.24, 2.45) is 0 Å². The lowest BCUT2D eigenvalue weighted by Crippen LogP contribution is -2.29. The molecule has 0 spiro atoms. The Kier molecular flexibility index (Phi) is 6.08. The number of hydrogen-bond donors (Lipinski definition) is 2. The molecule has 0 saturated carbocycles. The molecule has 0 aliphatic carbocycles. The van der Waals surface area contributed by atoms with E-state index in [2.05, 4.69) is 22.7 Å². The highest BCUT2D eigenvalue weighted by Crippen LogP contribution is 2.31. The minimum Gasteiger partial charge on any atom is -0.322 e. The molecule has 3 aromatic rings. The highest BCUT2D eigenvalue weighted by molar-refractivity contribution is 6.05. The number of nitro groups is 1. The Bertz CT molecular complexity index is 1070. The van der Waals surface area contributed by atoms with E-state index in [9.17, 15) is 14.9 Å². The van der Waals surface area contributed by atoms with Crippen molar-refractivity contribution in [3.05, 3.63) is 81.7 Å². The van der Waals surface area contributed by atoms with Crippen molar-refractivity contribution in [1.29, 1.82) is 0 Å². The summed E-state index contributed by atoms with van der Waals surface area (Å²) in [6.07, 6.45) is 4.32. The van der Waals surface area contributed by atoms with Crippen LogP contribution < -0.4 is 10.6 Å². The molecule has 2 N–H and O–H groups in total. The van der Waals surface area contributed by atoms with Crippen molar-refractivity contribution in [2.75, 3.05) is 18.4 Å². The van der Waals surface area contributed by atoms with Crippen LogP contribution in [0.1, 0.15) is 47.3 Å². The largest absolute Gasteiger partial charge is 0.322 e. The fourth-order valence-electron chi connectivity index (χ4n) is 3.96. The molecule has 2 heterocycles. The van der Waals surface area contributed by atoms with Gasteiger partial charge in [-0.15, -0.1) is 0 Å². The number of anilines is 1. The molecule has 1 aliphatic rings. The number of nitrogens with one attached hydrogen (secondary N) is 2. The number of aryl methyl sites for hydroxylation is 1. The van der Waals surface area contributed by atoms with Gasteiger partial charge in [-0.1, -0.05) is 19.1 Å². The van der Waals surface area contributed by atoms with Gasteiger partial charge in [0, 0.05) is 23.7 Å². The number of aromatic nitrogens is 2. The number of benzene rings is 2. The van der Waals surface area contributed by atoms with Crippen LogP contribution in [-0.4, -0.2) is 33.7 Å². The van der Waals surface area contributed by atoms with Crippen molar-refractivity contribution in [3.8, 4) is 5.69 Å². The zero-order valence-electron chi connectivity index (χ0n) is 17.4. The van der Waals surface area contributed by atoms with Crippen molar-refractivity contribution in [2.45, 2.75) is 32.1 Å². The number of nitrogens with zero attached hydrogens (tertiary/aromatic N) is 3. The van der Waals surface area contributed by atoms with Crippen LogP contribution in [0, 0.1) is 10.1 Å². The van der Waals surface area contributed by atoms with Crippen LogP contribution in [0.4, 0.5) is 11.4 Å². The molecule has 1 aromatic heterocycles. The van der Waals surface area contributed by atoms with Gasteiger partial charge in [0.05, 0.1) is 28.1 Å². The van der Waals surface area contributed by atoms with Crippen LogP contribution in [0.3, 0.4) is 0 Å². The predicted octanol–water partition coefficient (Wildman–Crippen LogP) is 4.06. The van der Waals surface area contributed by atoms with E-state index < -0.39 is 4.92 Å². The standard InChI is InChI=1S/C23H25N5O3/c1-2-16-3-5-18(6-4-16)26-23(29)21-15-25-27(22(21)17-11-13-24-14-12-17)19-7-9-20(10-8-19)28(30)31/h3-10,15,17,24H,2,11-14H2,1H3,(H,26,29). The normalized spacial score (nSPS) is 14.4. The van der Waals surface area contributed by atoms with Gasteiger partial charge in [0.25, 0.3) is 11.6 Å². The van der Waals surface area contributed by atoms with E-state index in [0.29, 0.717) is 11.3 Å². The van der Waals surface area contributed by atoms with Crippen LogP contribution in [0.25, 0.3) is 5.69 Å². The lowest BCUT2D eigenvalue weighted by molar-refractivity contribution is -0.384. The van der Waals surface area contributed by atoms with Gasteiger partial charge < -0.3 is 10.6 Å². The van der Waals surface area contributed by atoms with E-state index >= 15 is 0 Å². The van der Waals surface area contributed by atoms with E-state index in [-0.39, 0.29) is 17.5 Å². The summed E-state index contributed by atoms with van der Waals surface area (Å²) >= 11 is 0. The number of nitro benzene ring substituents is 1. The second kappa shape index (κ2) is 9.09.